The fraction of sp³-hybridized carbons (Fsp3) is 0.833. The summed E-state index contributed by atoms with van der Waals surface area (Å²) in [5, 5.41) is 5.06. The molecule has 0 aliphatic heterocycles. The molecule has 0 fully saturated rings. The molecule has 0 aromatic rings. The van der Waals surface area contributed by atoms with Gasteiger partial charge in [-0.2, -0.15) is 0 Å². The van der Waals surface area contributed by atoms with E-state index in [-0.39, 0.29) is 5.54 Å². The first kappa shape index (κ1) is 17.5. The van der Waals surface area contributed by atoms with Crippen LogP contribution in [-0.2, 0) is 9.47 Å². The molecule has 0 aliphatic rings. The van der Waals surface area contributed by atoms with Crippen molar-refractivity contribution in [2.45, 2.75) is 26.3 Å². The normalized spacial score (nSPS) is 11.1. The van der Waals surface area contributed by atoms with Gasteiger partial charge in [-0.15, -0.1) is 0 Å². The van der Waals surface area contributed by atoms with E-state index in [9.17, 15) is 9.59 Å². The number of ether oxygens (including phenoxy) is 2. The lowest BCUT2D eigenvalue weighted by atomic mass is 10.1. The standard InChI is InChI=1S/C12H25N3O4/c1-12(2,3)14-11(17)19-9-7-15(5)6-8-18-10(16)13-4/h6-9H2,1-5H3,(H,13,16)(H,14,17). The Bertz CT molecular complexity index is 289. The number of carbonyl (C=O) groups is 2. The summed E-state index contributed by atoms with van der Waals surface area (Å²) >= 11 is 0. The van der Waals surface area contributed by atoms with Crippen LogP contribution in [0.25, 0.3) is 0 Å². The van der Waals surface area contributed by atoms with Crippen molar-refractivity contribution in [1.29, 1.82) is 0 Å². The summed E-state index contributed by atoms with van der Waals surface area (Å²) in [5.41, 5.74) is -0.301. The molecule has 19 heavy (non-hydrogen) atoms. The summed E-state index contributed by atoms with van der Waals surface area (Å²) in [4.78, 5) is 24.1. The van der Waals surface area contributed by atoms with Crippen LogP contribution in [0, 0.1) is 0 Å². The third kappa shape index (κ3) is 11.3. The molecule has 0 radical (unpaired) electrons. The van der Waals surface area contributed by atoms with Crippen molar-refractivity contribution >= 4 is 12.2 Å². The zero-order valence-electron chi connectivity index (χ0n) is 12.4. The lowest BCUT2D eigenvalue weighted by Gasteiger charge is -2.21. The van der Waals surface area contributed by atoms with Crippen LogP contribution in [0.15, 0.2) is 0 Å². The summed E-state index contributed by atoms with van der Waals surface area (Å²) in [7, 11) is 3.37. The third-order valence-electron chi connectivity index (χ3n) is 2.09. The SMILES string of the molecule is CNC(=O)OCCN(C)CCOC(=O)NC(C)(C)C. The highest BCUT2D eigenvalue weighted by Gasteiger charge is 2.14. The molecule has 0 spiro atoms. The first-order valence-corrected chi connectivity index (χ1v) is 6.22. The van der Waals surface area contributed by atoms with Crippen molar-refractivity contribution in [2.24, 2.45) is 0 Å². The summed E-state index contributed by atoms with van der Waals surface area (Å²) in [6.07, 6.45) is -0.878. The summed E-state index contributed by atoms with van der Waals surface area (Å²) in [6.45, 7) is 7.40. The van der Waals surface area contributed by atoms with Gasteiger partial charge >= 0.3 is 12.2 Å². The van der Waals surface area contributed by atoms with E-state index in [0.29, 0.717) is 26.3 Å². The maximum absolute atomic E-state index is 11.4. The Labute approximate surface area is 114 Å². The van der Waals surface area contributed by atoms with Gasteiger partial charge in [-0.3, -0.25) is 4.90 Å². The highest BCUT2D eigenvalue weighted by molar-refractivity contribution is 5.68. The number of hydrogen-bond donors (Lipinski definition) is 2. The molecular weight excluding hydrogens is 250 g/mol. The largest absolute Gasteiger partial charge is 0.448 e. The van der Waals surface area contributed by atoms with Crippen LogP contribution in [0.3, 0.4) is 0 Å². The molecule has 0 heterocycles. The van der Waals surface area contributed by atoms with Crippen molar-refractivity contribution in [1.82, 2.24) is 15.5 Å². The fourth-order valence-electron chi connectivity index (χ4n) is 1.11. The number of hydrogen-bond acceptors (Lipinski definition) is 5. The van der Waals surface area contributed by atoms with Crippen LogP contribution >= 0.6 is 0 Å². The van der Waals surface area contributed by atoms with Gasteiger partial charge in [-0.05, 0) is 27.8 Å². The average molecular weight is 275 g/mol. The maximum Gasteiger partial charge on any atom is 0.407 e. The minimum Gasteiger partial charge on any atom is -0.448 e. The van der Waals surface area contributed by atoms with E-state index in [1.807, 2.05) is 32.7 Å². The molecule has 0 rings (SSSR count). The van der Waals surface area contributed by atoms with Crippen LogP contribution in [0.2, 0.25) is 0 Å². The van der Waals surface area contributed by atoms with Crippen molar-refractivity contribution in [3.8, 4) is 0 Å². The Balaban J connectivity index is 3.60. The van der Waals surface area contributed by atoms with E-state index < -0.39 is 12.2 Å². The van der Waals surface area contributed by atoms with Crippen LogP contribution in [0.1, 0.15) is 20.8 Å². The second-order valence-electron chi connectivity index (χ2n) is 5.20. The number of alkyl carbamates (subject to hydrolysis) is 2. The lowest BCUT2D eigenvalue weighted by molar-refractivity contribution is 0.112. The Hall–Kier alpha value is -1.50. The van der Waals surface area contributed by atoms with E-state index in [2.05, 4.69) is 10.6 Å². The zero-order chi connectivity index (χ0) is 14.9. The molecule has 0 atom stereocenters. The number of carbonyl (C=O) groups excluding carboxylic acids is 2. The highest BCUT2D eigenvalue weighted by atomic mass is 16.6. The molecular formula is C12H25N3O4. The number of nitrogens with one attached hydrogen (secondary N) is 2. The Morgan fingerprint density at radius 1 is 1.05 bits per heavy atom. The van der Waals surface area contributed by atoms with E-state index in [1.165, 1.54) is 7.05 Å². The fourth-order valence-corrected chi connectivity index (χ4v) is 1.11. The number of likely N-dealkylation sites (N-methyl/N-ethyl adjacent to an activating group) is 1. The molecule has 0 unspecified atom stereocenters. The van der Waals surface area contributed by atoms with Crippen molar-refractivity contribution in [2.75, 3.05) is 40.4 Å². The minimum absolute atomic E-state index is 0.290. The second-order valence-corrected chi connectivity index (χ2v) is 5.20. The van der Waals surface area contributed by atoms with Crippen molar-refractivity contribution in [3.63, 3.8) is 0 Å². The highest BCUT2D eigenvalue weighted by Crippen LogP contribution is 1.98. The van der Waals surface area contributed by atoms with Gasteiger partial charge in [-0.25, -0.2) is 9.59 Å². The Morgan fingerprint density at radius 2 is 1.53 bits per heavy atom. The van der Waals surface area contributed by atoms with Crippen molar-refractivity contribution in [3.05, 3.63) is 0 Å². The molecule has 0 saturated carbocycles. The predicted molar refractivity (Wildman–Crippen MR) is 72.1 cm³/mol. The van der Waals surface area contributed by atoms with Gasteiger partial charge < -0.3 is 20.1 Å². The molecule has 7 heteroatoms. The van der Waals surface area contributed by atoms with Gasteiger partial charge in [0.15, 0.2) is 0 Å². The monoisotopic (exact) mass is 275 g/mol. The summed E-state index contributed by atoms with van der Waals surface area (Å²) in [6, 6.07) is 0. The van der Waals surface area contributed by atoms with Gasteiger partial charge in [0.1, 0.15) is 13.2 Å². The van der Waals surface area contributed by atoms with Crippen LogP contribution in [0.5, 0.6) is 0 Å². The van der Waals surface area contributed by atoms with Crippen LogP contribution < -0.4 is 10.6 Å². The Morgan fingerprint density at radius 3 is 1.95 bits per heavy atom. The molecule has 2 N–H and O–H groups in total. The number of rotatable bonds is 6. The molecule has 2 amide bonds. The van der Waals surface area contributed by atoms with Crippen molar-refractivity contribution < 1.29 is 19.1 Å². The maximum atomic E-state index is 11.4. The quantitative estimate of drug-likeness (QED) is 0.749. The van der Waals surface area contributed by atoms with E-state index in [1.54, 1.807) is 0 Å². The smallest absolute Gasteiger partial charge is 0.407 e. The average Bonchev–Trinajstić information content (AvgIpc) is 2.26. The van der Waals surface area contributed by atoms with Gasteiger partial charge in [0.05, 0.1) is 0 Å². The number of nitrogens with zero attached hydrogens (tertiary/aromatic N) is 1. The molecule has 0 saturated heterocycles. The lowest BCUT2D eigenvalue weighted by Crippen LogP contribution is -2.41. The van der Waals surface area contributed by atoms with Gasteiger partial charge in [0.25, 0.3) is 0 Å². The van der Waals surface area contributed by atoms with E-state index in [4.69, 9.17) is 9.47 Å². The first-order chi connectivity index (χ1) is 8.74. The molecule has 112 valence electrons. The van der Waals surface area contributed by atoms with E-state index >= 15 is 0 Å². The summed E-state index contributed by atoms with van der Waals surface area (Å²) < 4.78 is 9.87. The van der Waals surface area contributed by atoms with Gasteiger partial charge in [0.2, 0.25) is 0 Å². The molecule has 7 nitrogen and oxygen atoms in total. The third-order valence-corrected chi connectivity index (χ3v) is 2.09. The molecule has 0 aromatic carbocycles. The molecule has 0 aliphatic carbocycles. The van der Waals surface area contributed by atoms with Gasteiger partial charge in [0, 0.05) is 25.7 Å². The molecule has 0 aromatic heterocycles. The topological polar surface area (TPSA) is 79.9 Å². The van der Waals surface area contributed by atoms with E-state index in [0.717, 1.165) is 0 Å². The molecule has 0 bridgehead atoms. The predicted octanol–water partition coefficient (Wildman–Crippen LogP) is 0.799. The van der Waals surface area contributed by atoms with Crippen LogP contribution in [-0.4, -0.2) is 63.0 Å². The van der Waals surface area contributed by atoms with Crippen LogP contribution in [0.4, 0.5) is 9.59 Å². The minimum atomic E-state index is -0.450. The first-order valence-electron chi connectivity index (χ1n) is 6.22. The summed E-state index contributed by atoms with van der Waals surface area (Å²) in [5.74, 6) is 0. The zero-order valence-corrected chi connectivity index (χ0v) is 12.4. The number of amides is 2. The second kappa shape index (κ2) is 8.58. The Kier molecular flexibility index (Phi) is 7.90. The van der Waals surface area contributed by atoms with Gasteiger partial charge in [-0.1, -0.05) is 0 Å².